The van der Waals surface area contributed by atoms with Crippen molar-refractivity contribution in [2.75, 3.05) is 19.8 Å². The summed E-state index contributed by atoms with van der Waals surface area (Å²) in [4.78, 5) is 0. The van der Waals surface area contributed by atoms with Gasteiger partial charge in [-0.15, -0.1) is 0 Å². The van der Waals surface area contributed by atoms with Gasteiger partial charge in [0.25, 0.3) is 5.97 Å². The van der Waals surface area contributed by atoms with Gasteiger partial charge in [0.1, 0.15) is 5.82 Å². The number of ether oxygens (including phenoxy) is 3. The van der Waals surface area contributed by atoms with Crippen molar-refractivity contribution >= 4 is 0 Å². The van der Waals surface area contributed by atoms with Crippen LogP contribution in [-0.4, -0.2) is 25.8 Å². The molecular formula is C27H45F3O3. The molecule has 1 aromatic rings. The Balaban J connectivity index is 2.68. The normalized spacial score (nSPS) is 12.9. The molecule has 0 fully saturated rings. The molecule has 1 atom stereocenters. The van der Waals surface area contributed by atoms with Crippen LogP contribution in [0.4, 0.5) is 13.2 Å². The van der Waals surface area contributed by atoms with E-state index in [9.17, 15) is 13.2 Å². The highest BCUT2D eigenvalue weighted by atomic mass is 19.2. The van der Waals surface area contributed by atoms with Crippen LogP contribution in [0.15, 0.2) is 12.1 Å². The lowest BCUT2D eigenvalue weighted by atomic mass is 9.91. The third kappa shape index (κ3) is 10.8. The van der Waals surface area contributed by atoms with Crippen LogP contribution in [0, 0.1) is 23.4 Å². The van der Waals surface area contributed by atoms with Crippen molar-refractivity contribution in [2.45, 2.75) is 111 Å². The lowest BCUT2D eigenvalue weighted by Crippen LogP contribution is -2.46. The number of benzene rings is 1. The monoisotopic (exact) mass is 474 g/mol. The van der Waals surface area contributed by atoms with E-state index < -0.39 is 23.4 Å². The van der Waals surface area contributed by atoms with Crippen molar-refractivity contribution < 1.29 is 27.4 Å². The zero-order valence-electron chi connectivity index (χ0n) is 21.2. The molecule has 192 valence electrons. The van der Waals surface area contributed by atoms with Crippen LogP contribution in [0.1, 0.15) is 104 Å². The van der Waals surface area contributed by atoms with Crippen LogP contribution >= 0.6 is 0 Å². The molecule has 0 amide bonds. The zero-order valence-corrected chi connectivity index (χ0v) is 21.2. The van der Waals surface area contributed by atoms with Crippen molar-refractivity contribution in [3.05, 3.63) is 35.1 Å². The Morgan fingerprint density at radius 3 is 1.67 bits per heavy atom. The second-order valence-corrected chi connectivity index (χ2v) is 8.61. The summed E-state index contributed by atoms with van der Waals surface area (Å²) >= 11 is 0. The van der Waals surface area contributed by atoms with Gasteiger partial charge in [-0.25, -0.2) is 13.2 Å². The predicted octanol–water partition coefficient (Wildman–Crippen LogP) is 8.34. The smallest absolute Gasteiger partial charge is 0.285 e. The molecule has 0 saturated carbocycles. The quantitative estimate of drug-likeness (QED) is 0.108. The first-order valence-electron chi connectivity index (χ1n) is 13.0. The highest BCUT2D eigenvalue weighted by Crippen LogP contribution is 2.34. The molecule has 0 aromatic heterocycles. The van der Waals surface area contributed by atoms with E-state index in [1.54, 1.807) is 0 Å². The van der Waals surface area contributed by atoms with Crippen LogP contribution in [0.2, 0.25) is 0 Å². The molecule has 0 heterocycles. The number of aryl methyl sites for hydroxylation is 1. The summed E-state index contributed by atoms with van der Waals surface area (Å²) in [6.07, 6.45) is 12.0. The Morgan fingerprint density at radius 1 is 0.636 bits per heavy atom. The van der Waals surface area contributed by atoms with Gasteiger partial charge < -0.3 is 14.2 Å². The van der Waals surface area contributed by atoms with Gasteiger partial charge in [-0.3, -0.25) is 0 Å². The summed E-state index contributed by atoms with van der Waals surface area (Å²) in [5.41, 5.74) is 0.227. The second-order valence-electron chi connectivity index (χ2n) is 8.61. The maximum atomic E-state index is 13.9. The molecular weight excluding hydrogens is 429 g/mol. The summed E-state index contributed by atoms with van der Waals surface area (Å²) in [5, 5.41) is 0. The Kier molecular flexibility index (Phi) is 15.7. The lowest BCUT2D eigenvalue weighted by Gasteiger charge is -2.39. The lowest BCUT2D eigenvalue weighted by molar-refractivity contribution is -0.403. The molecule has 33 heavy (non-hydrogen) atoms. The van der Waals surface area contributed by atoms with Gasteiger partial charge in [-0.2, -0.15) is 0 Å². The summed E-state index contributed by atoms with van der Waals surface area (Å²) < 4.78 is 58.6. The summed E-state index contributed by atoms with van der Waals surface area (Å²) in [6, 6.07) is 1.60. The molecule has 0 spiro atoms. The van der Waals surface area contributed by atoms with E-state index in [0.29, 0.717) is 38.7 Å². The highest BCUT2D eigenvalue weighted by molar-refractivity contribution is 5.20. The maximum Gasteiger partial charge on any atom is 0.285 e. The number of hydrogen-bond acceptors (Lipinski definition) is 3. The fraction of sp³-hybridized carbons (Fsp3) is 0.778. The topological polar surface area (TPSA) is 27.7 Å². The number of rotatable bonds is 20. The van der Waals surface area contributed by atoms with Crippen molar-refractivity contribution in [1.82, 2.24) is 0 Å². The molecule has 1 unspecified atom stereocenters. The van der Waals surface area contributed by atoms with Gasteiger partial charge >= 0.3 is 0 Å². The Hall–Kier alpha value is -1.11. The van der Waals surface area contributed by atoms with E-state index in [-0.39, 0.29) is 11.5 Å². The van der Waals surface area contributed by atoms with Gasteiger partial charge in [0.15, 0.2) is 11.6 Å². The van der Waals surface area contributed by atoms with E-state index in [1.165, 1.54) is 32.1 Å². The molecule has 3 nitrogen and oxygen atoms in total. The number of unbranched alkanes of at least 4 members (excludes halogenated alkanes) is 7. The predicted molar refractivity (Wildman–Crippen MR) is 128 cm³/mol. The molecule has 0 aliphatic rings. The SMILES string of the molecule is CCCCCCCCC(CCCCCc1cc(F)c(F)cc1F)C(OCC)(OCC)OCC. The summed E-state index contributed by atoms with van der Waals surface area (Å²) in [5.74, 6) is -3.76. The van der Waals surface area contributed by atoms with E-state index >= 15 is 0 Å². The van der Waals surface area contributed by atoms with E-state index in [0.717, 1.165) is 38.2 Å². The molecule has 0 saturated heterocycles. The molecule has 6 heteroatoms. The average molecular weight is 475 g/mol. The van der Waals surface area contributed by atoms with E-state index in [4.69, 9.17) is 14.2 Å². The van der Waals surface area contributed by atoms with Gasteiger partial charge in [0.2, 0.25) is 0 Å². The molecule has 1 aromatic carbocycles. The standard InChI is InChI=1S/C27H45F3O3/c1-5-9-10-11-12-15-18-23(27(31-6-2,32-7-3)33-8-4)19-16-13-14-17-22-20-25(29)26(30)21-24(22)28/h20-21,23H,5-19H2,1-4H3. The maximum absolute atomic E-state index is 13.9. The van der Waals surface area contributed by atoms with Gasteiger partial charge in [0.05, 0.1) is 0 Å². The van der Waals surface area contributed by atoms with Crippen LogP contribution in [-0.2, 0) is 20.6 Å². The molecule has 0 radical (unpaired) electrons. The van der Waals surface area contributed by atoms with Crippen LogP contribution in [0.5, 0.6) is 0 Å². The first kappa shape index (κ1) is 29.9. The van der Waals surface area contributed by atoms with Crippen molar-refractivity contribution in [2.24, 2.45) is 5.92 Å². The van der Waals surface area contributed by atoms with Gasteiger partial charge in [0, 0.05) is 31.8 Å². The fourth-order valence-corrected chi connectivity index (χ4v) is 4.39. The van der Waals surface area contributed by atoms with Crippen LogP contribution in [0.3, 0.4) is 0 Å². The van der Waals surface area contributed by atoms with Crippen LogP contribution in [0.25, 0.3) is 0 Å². The molecule has 0 bridgehead atoms. The van der Waals surface area contributed by atoms with Gasteiger partial charge in [-0.1, -0.05) is 58.3 Å². The Bertz CT molecular complexity index is 622. The fourth-order valence-electron chi connectivity index (χ4n) is 4.39. The Morgan fingerprint density at radius 2 is 1.12 bits per heavy atom. The summed E-state index contributed by atoms with van der Waals surface area (Å²) in [7, 11) is 0. The molecule has 0 aliphatic heterocycles. The second kappa shape index (κ2) is 17.3. The molecule has 1 rings (SSSR count). The van der Waals surface area contributed by atoms with Gasteiger partial charge in [-0.05, 0) is 58.1 Å². The first-order chi connectivity index (χ1) is 15.9. The minimum Gasteiger partial charge on any atom is -0.328 e. The number of halogens is 3. The van der Waals surface area contributed by atoms with Crippen molar-refractivity contribution in [1.29, 1.82) is 0 Å². The zero-order chi connectivity index (χ0) is 24.5. The summed E-state index contributed by atoms with van der Waals surface area (Å²) in [6.45, 7) is 9.58. The minimum absolute atomic E-state index is 0.100. The number of hydrogen-bond donors (Lipinski definition) is 0. The minimum atomic E-state index is -1.15. The van der Waals surface area contributed by atoms with Crippen molar-refractivity contribution in [3.8, 4) is 0 Å². The van der Waals surface area contributed by atoms with E-state index in [1.807, 2.05) is 20.8 Å². The van der Waals surface area contributed by atoms with Crippen molar-refractivity contribution in [3.63, 3.8) is 0 Å². The Labute approximate surface area is 199 Å². The largest absolute Gasteiger partial charge is 0.328 e. The first-order valence-corrected chi connectivity index (χ1v) is 13.0. The highest BCUT2D eigenvalue weighted by Gasteiger charge is 2.41. The van der Waals surface area contributed by atoms with Crippen LogP contribution < -0.4 is 0 Å². The molecule has 0 aliphatic carbocycles. The van der Waals surface area contributed by atoms with E-state index in [2.05, 4.69) is 6.92 Å². The average Bonchev–Trinajstić information content (AvgIpc) is 2.78. The third-order valence-corrected chi connectivity index (χ3v) is 6.03. The molecule has 0 N–H and O–H groups in total. The third-order valence-electron chi connectivity index (χ3n) is 6.03.